The van der Waals surface area contributed by atoms with Crippen molar-refractivity contribution in [1.82, 2.24) is 0 Å². The van der Waals surface area contributed by atoms with Gasteiger partial charge in [-0.3, -0.25) is 9.59 Å². The lowest BCUT2D eigenvalue weighted by atomic mass is 10.1. The molecule has 64 heavy (non-hydrogen) atoms. The number of aliphatic carboxylic acids is 1. The van der Waals surface area contributed by atoms with Gasteiger partial charge in [-0.15, -0.1) is 0 Å². The zero-order chi connectivity index (χ0) is 47.0. The summed E-state index contributed by atoms with van der Waals surface area (Å²) in [6.07, 6.45) is 56.3. The van der Waals surface area contributed by atoms with Crippen molar-refractivity contribution >= 4 is 17.9 Å². The summed E-state index contributed by atoms with van der Waals surface area (Å²) in [7, 11) is 5.54. The van der Waals surface area contributed by atoms with Gasteiger partial charge in [-0.2, -0.15) is 0 Å². The molecule has 0 saturated heterocycles. The Morgan fingerprint density at radius 3 is 1.22 bits per heavy atom. The molecule has 0 aliphatic carbocycles. The van der Waals surface area contributed by atoms with E-state index in [1.807, 2.05) is 21.1 Å². The average molecular weight is 903 g/mol. The molecule has 0 aromatic carbocycles. The smallest absolute Gasteiger partial charge is 0.362 e. The topological polar surface area (TPSA) is 99.1 Å². The van der Waals surface area contributed by atoms with Gasteiger partial charge in [0.05, 0.1) is 34.4 Å². The summed E-state index contributed by atoms with van der Waals surface area (Å²) < 4.78 is 17.4. The number of hydrogen-bond donors (Lipinski definition) is 1. The predicted molar refractivity (Wildman–Crippen MR) is 271 cm³/mol. The van der Waals surface area contributed by atoms with Gasteiger partial charge in [0.1, 0.15) is 6.61 Å². The Morgan fingerprint density at radius 2 is 0.828 bits per heavy atom. The van der Waals surface area contributed by atoms with E-state index in [2.05, 4.69) is 50.3 Å². The second kappa shape index (κ2) is 47.1. The average Bonchev–Trinajstić information content (AvgIpc) is 3.26. The van der Waals surface area contributed by atoms with E-state index < -0.39 is 18.1 Å². The fourth-order valence-corrected chi connectivity index (χ4v) is 8.06. The number of quaternary nitrogens is 1. The summed E-state index contributed by atoms with van der Waals surface area (Å²) >= 11 is 0. The van der Waals surface area contributed by atoms with Crippen molar-refractivity contribution in [2.45, 2.75) is 264 Å². The van der Waals surface area contributed by atoms with Gasteiger partial charge in [-0.05, 0) is 70.6 Å². The molecule has 0 amide bonds. The van der Waals surface area contributed by atoms with E-state index in [0.29, 0.717) is 19.3 Å². The number of carbonyl (C=O) groups excluding carboxylic acids is 2. The van der Waals surface area contributed by atoms with Crippen LogP contribution in [0.2, 0.25) is 0 Å². The minimum atomic E-state index is -0.875. The predicted octanol–water partition coefficient (Wildman–Crippen LogP) is 15.8. The number of esters is 2. The number of ether oxygens (including phenoxy) is 3. The molecule has 2 unspecified atom stereocenters. The van der Waals surface area contributed by atoms with E-state index in [-0.39, 0.29) is 36.2 Å². The lowest BCUT2D eigenvalue weighted by molar-refractivity contribution is -0.887. The molecule has 0 rings (SSSR count). The summed E-state index contributed by atoms with van der Waals surface area (Å²) in [6.45, 7) is 4.75. The van der Waals surface area contributed by atoms with Crippen LogP contribution in [0.3, 0.4) is 0 Å². The van der Waals surface area contributed by atoms with Crippen molar-refractivity contribution in [2.24, 2.45) is 0 Å². The monoisotopic (exact) mass is 903 g/mol. The van der Waals surface area contributed by atoms with E-state index in [4.69, 9.17) is 14.2 Å². The highest BCUT2D eigenvalue weighted by molar-refractivity contribution is 5.72. The molecule has 8 heteroatoms. The third-order valence-corrected chi connectivity index (χ3v) is 12.3. The first kappa shape index (κ1) is 61.5. The molecule has 0 fully saturated rings. The van der Waals surface area contributed by atoms with Crippen LogP contribution in [0.5, 0.6) is 0 Å². The van der Waals surface area contributed by atoms with Crippen molar-refractivity contribution in [1.29, 1.82) is 0 Å². The first-order chi connectivity index (χ1) is 31.1. The number of carboxylic acid groups (broad SMARTS) is 1. The van der Waals surface area contributed by atoms with Crippen LogP contribution in [0, 0.1) is 0 Å². The molecule has 0 bridgehead atoms. The highest BCUT2D eigenvalue weighted by Gasteiger charge is 2.31. The zero-order valence-electron chi connectivity index (χ0n) is 42.7. The van der Waals surface area contributed by atoms with E-state index in [1.54, 1.807) is 0 Å². The first-order valence-electron chi connectivity index (χ1n) is 27.0. The molecular formula is C56H104NO7+. The number of rotatable bonds is 49. The van der Waals surface area contributed by atoms with Gasteiger partial charge in [0.15, 0.2) is 12.1 Å². The summed E-state index contributed by atoms with van der Waals surface area (Å²) in [5, 5.41) is 9.66. The van der Waals surface area contributed by atoms with E-state index >= 15 is 0 Å². The summed E-state index contributed by atoms with van der Waals surface area (Å²) in [5.74, 6) is -1.48. The van der Waals surface area contributed by atoms with Crippen LogP contribution in [-0.2, 0) is 28.6 Å². The molecule has 0 saturated carbocycles. The Morgan fingerprint density at radius 1 is 0.469 bits per heavy atom. The van der Waals surface area contributed by atoms with E-state index in [0.717, 1.165) is 64.2 Å². The molecule has 0 aromatic heterocycles. The fraction of sp³-hybridized carbons (Fsp3) is 0.839. The fourth-order valence-electron chi connectivity index (χ4n) is 8.06. The molecule has 374 valence electrons. The standard InChI is InChI=1S/C56H103NO7/c1-6-8-10-12-14-16-18-20-22-24-26-27-28-29-31-32-34-36-38-40-42-44-46-54(58)63-51-52(50-62-49-48-53(56(60)61)57(3,4)5)64-55(59)47-45-43-41-39-37-35-33-30-25-23-21-19-17-15-13-11-9-7-2/h24,26,28-30,33,52-53H,6-23,25,27,31-32,34-51H2,1-5H3/p+1/b26-24+,29-28+,33-30+. The van der Waals surface area contributed by atoms with Crippen LogP contribution in [0.4, 0.5) is 0 Å². The van der Waals surface area contributed by atoms with Crippen LogP contribution in [0.25, 0.3) is 0 Å². The molecule has 0 aliphatic heterocycles. The van der Waals surface area contributed by atoms with E-state index in [1.165, 1.54) is 154 Å². The van der Waals surface area contributed by atoms with Crippen molar-refractivity contribution in [3.05, 3.63) is 36.5 Å². The normalized spacial score (nSPS) is 13.1. The van der Waals surface area contributed by atoms with Crippen LogP contribution in [0.1, 0.15) is 251 Å². The van der Waals surface area contributed by atoms with Crippen LogP contribution >= 0.6 is 0 Å². The number of hydrogen-bond acceptors (Lipinski definition) is 6. The van der Waals surface area contributed by atoms with Gasteiger partial charge in [0.25, 0.3) is 0 Å². The zero-order valence-corrected chi connectivity index (χ0v) is 42.7. The Balaban J connectivity index is 4.23. The van der Waals surface area contributed by atoms with Crippen molar-refractivity contribution in [2.75, 3.05) is 41.0 Å². The minimum Gasteiger partial charge on any atom is -0.477 e. The van der Waals surface area contributed by atoms with Gasteiger partial charge in [0.2, 0.25) is 0 Å². The number of unbranched alkanes of at least 4 members (excludes halogenated alkanes) is 29. The van der Waals surface area contributed by atoms with Gasteiger partial charge < -0.3 is 23.8 Å². The lowest BCUT2D eigenvalue weighted by Gasteiger charge is -2.31. The second-order valence-corrected chi connectivity index (χ2v) is 19.5. The number of carbonyl (C=O) groups is 3. The molecule has 0 heterocycles. The van der Waals surface area contributed by atoms with Crippen molar-refractivity contribution in [3.8, 4) is 0 Å². The molecule has 0 spiro atoms. The van der Waals surface area contributed by atoms with Crippen molar-refractivity contribution < 1.29 is 38.2 Å². The number of nitrogens with zero attached hydrogens (tertiary/aromatic N) is 1. The van der Waals surface area contributed by atoms with Gasteiger partial charge >= 0.3 is 17.9 Å². The second-order valence-electron chi connectivity index (χ2n) is 19.5. The minimum absolute atomic E-state index is 0.0566. The van der Waals surface area contributed by atoms with Crippen LogP contribution < -0.4 is 0 Å². The first-order valence-corrected chi connectivity index (χ1v) is 27.0. The Bertz CT molecular complexity index is 1140. The highest BCUT2D eigenvalue weighted by Crippen LogP contribution is 2.15. The summed E-state index contributed by atoms with van der Waals surface area (Å²) in [4.78, 5) is 37.2. The number of likely N-dealkylation sites (N-methyl/N-ethyl adjacent to an activating group) is 1. The maximum Gasteiger partial charge on any atom is 0.362 e. The van der Waals surface area contributed by atoms with Crippen LogP contribution in [0.15, 0.2) is 36.5 Å². The van der Waals surface area contributed by atoms with Gasteiger partial charge in [-0.25, -0.2) is 4.79 Å². The van der Waals surface area contributed by atoms with Gasteiger partial charge in [-0.1, -0.05) is 198 Å². The summed E-state index contributed by atoms with van der Waals surface area (Å²) in [6, 6.07) is -0.617. The maximum atomic E-state index is 12.8. The SMILES string of the molecule is CCCCCCCCCC/C=C/C/C=C/CCCCCCCCCC(=O)OCC(COCCC(C(=O)O)[N+](C)(C)C)OC(=O)CCCCCCC/C=C/CCCCCCCCCCC. The van der Waals surface area contributed by atoms with Crippen LogP contribution in [-0.4, -0.2) is 80.6 Å². The third-order valence-electron chi connectivity index (χ3n) is 12.3. The number of carboxylic acids is 1. The van der Waals surface area contributed by atoms with E-state index in [9.17, 15) is 19.5 Å². The molecule has 1 N–H and O–H groups in total. The maximum absolute atomic E-state index is 12.8. The number of allylic oxidation sites excluding steroid dienone is 6. The molecule has 2 atom stereocenters. The molecular weight excluding hydrogens is 799 g/mol. The molecule has 0 radical (unpaired) electrons. The Labute approximate surface area is 395 Å². The largest absolute Gasteiger partial charge is 0.477 e. The quantitative estimate of drug-likeness (QED) is 0.0281. The third kappa shape index (κ3) is 44.7. The molecule has 0 aromatic rings. The Hall–Kier alpha value is -2.45. The lowest BCUT2D eigenvalue weighted by Crippen LogP contribution is -2.50. The molecule has 0 aliphatic rings. The highest BCUT2D eigenvalue weighted by atomic mass is 16.6. The summed E-state index contributed by atoms with van der Waals surface area (Å²) in [5.41, 5.74) is 0. The molecule has 8 nitrogen and oxygen atoms in total. The van der Waals surface area contributed by atoms with Gasteiger partial charge in [0, 0.05) is 19.3 Å². The Kier molecular flexibility index (Phi) is 45.3. The van der Waals surface area contributed by atoms with Crippen molar-refractivity contribution in [3.63, 3.8) is 0 Å².